The summed E-state index contributed by atoms with van der Waals surface area (Å²) in [6.45, 7) is 0.232. The minimum Gasteiger partial charge on any atom is -0.497 e. The fourth-order valence-electron chi connectivity index (χ4n) is 1.89. The Balaban J connectivity index is 2.20. The van der Waals surface area contributed by atoms with Gasteiger partial charge in [-0.15, -0.1) is 0 Å². The molecule has 0 atom stereocenters. The fraction of sp³-hybridized carbons (Fsp3) is 0.538. The van der Waals surface area contributed by atoms with Crippen molar-refractivity contribution in [3.63, 3.8) is 0 Å². The molecular weight excluding hydrogens is 282 g/mol. The zero-order chi connectivity index (χ0) is 14.8. The molecule has 0 saturated heterocycles. The van der Waals surface area contributed by atoms with Crippen LogP contribution in [0.4, 0.5) is 0 Å². The quantitative estimate of drug-likeness (QED) is 0.776. The second kappa shape index (κ2) is 5.59. The first-order chi connectivity index (χ1) is 9.46. The second-order valence-corrected chi connectivity index (χ2v) is 6.73. The average molecular weight is 301 g/mol. The Labute approximate surface area is 118 Å². The van der Waals surface area contributed by atoms with Crippen molar-refractivity contribution in [2.24, 2.45) is 5.41 Å². The third-order valence-electron chi connectivity index (χ3n) is 3.59. The summed E-state index contributed by atoms with van der Waals surface area (Å²) < 4.78 is 37.2. The highest BCUT2D eigenvalue weighted by Crippen LogP contribution is 2.44. The minimum atomic E-state index is -3.67. The number of methoxy groups -OCH3 is 2. The average Bonchev–Trinajstić information content (AvgIpc) is 3.25. The van der Waals surface area contributed by atoms with Gasteiger partial charge >= 0.3 is 0 Å². The zero-order valence-electron chi connectivity index (χ0n) is 11.5. The van der Waals surface area contributed by atoms with E-state index in [4.69, 9.17) is 9.47 Å². The van der Waals surface area contributed by atoms with Gasteiger partial charge in [-0.05, 0) is 25.0 Å². The first-order valence-electron chi connectivity index (χ1n) is 6.29. The molecule has 0 aromatic heterocycles. The molecule has 0 heterocycles. The van der Waals surface area contributed by atoms with Crippen LogP contribution in [0.15, 0.2) is 23.1 Å². The van der Waals surface area contributed by atoms with Gasteiger partial charge in [0.25, 0.3) is 0 Å². The lowest BCUT2D eigenvalue weighted by atomic mass is 10.1. The van der Waals surface area contributed by atoms with Gasteiger partial charge in [0, 0.05) is 24.6 Å². The monoisotopic (exact) mass is 301 g/mol. The largest absolute Gasteiger partial charge is 0.497 e. The Morgan fingerprint density at radius 1 is 1.30 bits per heavy atom. The van der Waals surface area contributed by atoms with Crippen LogP contribution in [-0.4, -0.2) is 40.9 Å². The predicted molar refractivity (Wildman–Crippen MR) is 73.5 cm³/mol. The van der Waals surface area contributed by atoms with E-state index in [2.05, 4.69) is 4.72 Å². The van der Waals surface area contributed by atoms with Crippen LogP contribution < -0.4 is 14.2 Å². The smallest absolute Gasteiger partial charge is 0.244 e. The number of benzene rings is 1. The first-order valence-corrected chi connectivity index (χ1v) is 7.77. The lowest BCUT2D eigenvalue weighted by Gasteiger charge is -2.15. The van der Waals surface area contributed by atoms with Gasteiger partial charge in [-0.1, -0.05) is 0 Å². The Kier molecular flexibility index (Phi) is 4.22. The van der Waals surface area contributed by atoms with Crippen molar-refractivity contribution in [2.75, 3.05) is 27.4 Å². The number of aliphatic hydroxyl groups excluding tert-OH is 1. The number of ether oxygens (including phenoxy) is 2. The van der Waals surface area contributed by atoms with Crippen molar-refractivity contribution in [3.05, 3.63) is 18.2 Å². The van der Waals surface area contributed by atoms with Gasteiger partial charge in [0.15, 0.2) is 0 Å². The highest BCUT2D eigenvalue weighted by molar-refractivity contribution is 7.89. The molecule has 2 rings (SSSR count). The van der Waals surface area contributed by atoms with E-state index in [1.165, 1.54) is 26.4 Å². The molecule has 0 unspecified atom stereocenters. The van der Waals surface area contributed by atoms with Crippen molar-refractivity contribution in [1.82, 2.24) is 4.72 Å². The molecule has 1 aromatic rings. The molecule has 20 heavy (non-hydrogen) atoms. The van der Waals surface area contributed by atoms with E-state index in [0.717, 1.165) is 12.8 Å². The Bertz CT molecular complexity index is 580. The van der Waals surface area contributed by atoms with Crippen molar-refractivity contribution in [2.45, 2.75) is 17.7 Å². The highest BCUT2D eigenvalue weighted by atomic mass is 32.2. The van der Waals surface area contributed by atoms with Crippen molar-refractivity contribution >= 4 is 10.0 Å². The van der Waals surface area contributed by atoms with E-state index in [1.54, 1.807) is 6.07 Å². The standard InChI is InChI=1S/C13H19NO5S/c1-18-10-3-4-12(11(7-10)19-2)20(16,17)14-8-13(9-15)5-6-13/h3-4,7,14-15H,5-6,8-9H2,1-2H3. The molecule has 1 fully saturated rings. The summed E-state index contributed by atoms with van der Waals surface area (Å²) >= 11 is 0. The maximum absolute atomic E-state index is 12.3. The number of hydrogen-bond acceptors (Lipinski definition) is 5. The molecule has 0 amide bonds. The molecule has 112 valence electrons. The Morgan fingerprint density at radius 2 is 2.00 bits per heavy atom. The van der Waals surface area contributed by atoms with Crippen molar-refractivity contribution < 1.29 is 23.0 Å². The fourth-order valence-corrected chi connectivity index (χ4v) is 3.20. The van der Waals surface area contributed by atoms with Crippen molar-refractivity contribution in [1.29, 1.82) is 0 Å². The molecule has 1 saturated carbocycles. The van der Waals surface area contributed by atoms with Crippen LogP contribution in [0.5, 0.6) is 11.5 Å². The van der Waals surface area contributed by atoms with E-state index >= 15 is 0 Å². The number of aliphatic hydroxyl groups is 1. The molecule has 1 aliphatic rings. The van der Waals surface area contributed by atoms with E-state index in [1.807, 2.05) is 0 Å². The summed E-state index contributed by atoms with van der Waals surface area (Å²) in [4.78, 5) is 0.0644. The zero-order valence-corrected chi connectivity index (χ0v) is 12.4. The predicted octanol–water partition coefficient (Wildman–Crippen LogP) is 0.755. The number of rotatable bonds is 7. The maximum atomic E-state index is 12.3. The van der Waals surface area contributed by atoms with E-state index in [-0.39, 0.29) is 29.2 Å². The number of hydrogen-bond donors (Lipinski definition) is 2. The Hall–Kier alpha value is -1.31. The summed E-state index contributed by atoms with van der Waals surface area (Å²) in [6.07, 6.45) is 1.68. The normalized spacial score (nSPS) is 16.8. The molecule has 1 aliphatic carbocycles. The summed E-state index contributed by atoms with van der Waals surface area (Å²) in [7, 11) is -0.767. The lowest BCUT2D eigenvalue weighted by molar-refractivity contribution is 0.213. The molecule has 0 spiro atoms. The van der Waals surface area contributed by atoms with Gasteiger partial charge in [-0.25, -0.2) is 13.1 Å². The topological polar surface area (TPSA) is 84.9 Å². The van der Waals surface area contributed by atoms with Gasteiger partial charge in [0.2, 0.25) is 10.0 Å². The van der Waals surface area contributed by atoms with Crippen LogP contribution in [0, 0.1) is 5.41 Å². The molecule has 0 aliphatic heterocycles. The van der Waals surface area contributed by atoms with Crippen LogP contribution in [0.3, 0.4) is 0 Å². The molecule has 1 aromatic carbocycles. The molecular formula is C13H19NO5S. The highest BCUT2D eigenvalue weighted by Gasteiger charge is 2.42. The second-order valence-electron chi connectivity index (χ2n) is 5.00. The third kappa shape index (κ3) is 3.05. The number of sulfonamides is 1. The van der Waals surface area contributed by atoms with Gasteiger partial charge in [0.05, 0.1) is 14.2 Å². The van der Waals surface area contributed by atoms with Gasteiger partial charge in [0.1, 0.15) is 16.4 Å². The van der Waals surface area contributed by atoms with Crippen LogP contribution in [-0.2, 0) is 10.0 Å². The SMILES string of the molecule is COc1ccc(S(=O)(=O)NCC2(CO)CC2)c(OC)c1. The third-order valence-corrected chi connectivity index (χ3v) is 5.03. The van der Waals surface area contributed by atoms with Crippen LogP contribution in [0.25, 0.3) is 0 Å². The van der Waals surface area contributed by atoms with Crippen LogP contribution in [0.1, 0.15) is 12.8 Å². The summed E-state index contributed by atoms with van der Waals surface area (Å²) in [5, 5.41) is 9.22. The maximum Gasteiger partial charge on any atom is 0.244 e. The lowest BCUT2D eigenvalue weighted by Crippen LogP contribution is -2.32. The molecule has 6 nitrogen and oxygen atoms in total. The van der Waals surface area contributed by atoms with Gasteiger partial charge in [-0.2, -0.15) is 0 Å². The van der Waals surface area contributed by atoms with Gasteiger partial charge < -0.3 is 14.6 Å². The van der Waals surface area contributed by atoms with E-state index in [0.29, 0.717) is 5.75 Å². The molecule has 2 N–H and O–H groups in total. The summed E-state index contributed by atoms with van der Waals surface area (Å²) in [6, 6.07) is 4.53. The number of nitrogens with one attached hydrogen (secondary N) is 1. The van der Waals surface area contributed by atoms with Crippen molar-refractivity contribution in [3.8, 4) is 11.5 Å². The van der Waals surface area contributed by atoms with E-state index < -0.39 is 10.0 Å². The minimum absolute atomic E-state index is 0.00469. The molecule has 0 bridgehead atoms. The summed E-state index contributed by atoms with van der Waals surface area (Å²) in [5.74, 6) is 0.750. The van der Waals surface area contributed by atoms with Gasteiger partial charge in [-0.3, -0.25) is 0 Å². The molecule has 7 heteroatoms. The first kappa shape index (κ1) is 15.1. The summed E-state index contributed by atoms with van der Waals surface area (Å²) in [5.41, 5.74) is -0.285. The van der Waals surface area contributed by atoms with Crippen LogP contribution >= 0.6 is 0 Å². The van der Waals surface area contributed by atoms with E-state index in [9.17, 15) is 13.5 Å². The van der Waals surface area contributed by atoms with Crippen LogP contribution in [0.2, 0.25) is 0 Å². The molecule has 0 radical (unpaired) electrons. The Morgan fingerprint density at radius 3 is 2.50 bits per heavy atom.